The number of hydrogen-bond acceptors (Lipinski definition) is 6. The van der Waals surface area contributed by atoms with Crippen LogP contribution in [0.4, 0.5) is 5.69 Å². The van der Waals surface area contributed by atoms with E-state index in [1.807, 2.05) is 12.1 Å². The largest absolute Gasteiger partial charge is 0.496 e. The Hall–Kier alpha value is -3.42. The molecule has 2 aromatic rings. The van der Waals surface area contributed by atoms with Gasteiger partial charge in [-0.3, -0.25) is 14.9 Å². The van der Waals surface area contributed by atoms with Crippen LogP contribution in [0.1, 0.15) is 50.5 Å². The van der Waals surface area contributed by atoms with Crippen LogP contribution in [0.5, 0.6) is 11.5 Å². The maximum absolute atomic E-state index is 12.7. The highest BCUT2D eigenvalue weighted by Gasteiger charge is 2.29. The van der Waals surface area contributed by atoms with Crippen LogP contribution in [0.25, 0.3) is 0 Å². The minimum Gasteiger partial charge on any atom is -0.496 e. The number of ether oxygens (including phenoxy) is 2. The zero-order valence-electron chi connectivity index (χ0n) is 18.6. The molecule has 0 aliphatic rings. The molecule has 0 bridgehead atoms. The van der Waals surface area contributed by atoms with Crippen molar-refractivity contribution < 1.29 is 24.0 Å². The molecule has 8 nitrogen and oxygen atoms in total. The van der Waals surface area contributed by atoms with Gasteiger partial charge in [-0.1, -0.05) is 46.8 Å². The van der Waals surface area contributed by atoms with Crippen LogP contribution >= 0.6 is 0 Å². The first-order valence-corrected chi connectivity index (χ1v) is 9.89. The Bertz CT molecular complexity index is 961. The smallest absolute Gasteiger partial charge is 0.334 e. The number of nitro groups is 1. The van der Waals surface area contributed by atoms with Crippen molar-refractivity contribution in [2.24, 2.45) is 5.92 Å². The average molecular weight is 428 g/mol. The summed E-state index contributed by atoms with van der Waals surface area (Å²) in [6.07, 6.45) is 0. The van der Waals surface area contributed by atoms with Crippen LogP contribution in [0.15, 0.2) is 42.5 Å². The molecule has 0 radical (unpaired) electrons. The van der Waals surface area contributed by atoms with Gasteiger partial charge in [0.15, 0.2) is 0 Å². The molecule has 0 fully saturated rings. The number of benzene rings is 2. The van der Waals surface area contributed by atoms with Crippen molar-refractivity contribution in [3.8, 4) is 11.5 Å². The highest BCUT2D eigenvalue weighted by Crippen LogP contribution is 2.31. The molecule has 0 saturated heterocycles. The Labute approximate surface area is 181 Å². The van der Waals surface area contributed by atoms with Gasteiger partial charge in [0.25, 0.3) is 5.91 Å². The predicted octanol–water partition coefficient (Wildman–Crippen LogP) is 4.26. The van der Waals surface area contributed by atoms with Gasteiger partial charge in [0, 0.05) is 5.56 Å². The van der Waals surface area contributed by atoms with Crippen molar-refractivity contribution in [2.45, 2.75) is 46.1 Å². The molecule has 0 aromatic heterocycles. The van der Waals surface area contributed by atoms with E-state index in [1.165, 1.54) is 25.3 Å². The number of carbonyl (C=O) groups excluding carboxylic acids is 2. The third kappa shape index (κ3) is 6.04. The summed E-state index contributed by atoms with van der Waals surface area (Å²) in [7, 11) is 1.38. The van der Waals surface area contributed by atoms with E-state index >= 15 is 0 Å². The molecule has 1 atom stereocenters. The molecule has 1 N–H and O–H groups in total. The number of rotatable bonds is 7. The third-order valence-electron chi connectivity index (χ3n) is 4.79. The quantitative estimate of drug-likeness (QED) is 0.306. The molecule has 0 aliphatic heterocycles. The molecule has 1 unspecified atom stereocenters. The summed E-state index contributed by atoms with van der Waals surface area (Å²) < 4.78 is 10.3. The highest BCUT2D eigenvalue weighted by molar-refractivity contribution is 5.97. The van der Waals surface area contributed by atoms with E-state index in [0.29, 0.717) is 5.56 Å². The van der Waals surface area contributed by atoms with E-state index in [9.17, 15) is 19.7 Å². The standard InChI is InChI=1S/C23H28N2O6/c1-14(2)20(24-21(26)15-7-9-16(10-8-15)23(3,4)5)22(27)31-19-12-11-17(30-6)13-18(19)25(28)29/h7-14,20H,1-6H3,(H,24,26). The van der Waals surface area contributed by atoms with Gasteiger partial charge in [-0.15, -0.1) is 0 Å². The topological polar surface area (TPSA) is 108 Å². The highest BCUT2D eigenvalue weighted by atomic mass is 16.6. The van der Waals surface area contributed by atoms with Crippen LogP contribution in [0.3, 0.4) is 0 Å². The summed E-state index contributed by atoms with van der Waals surface area (Å²) in [4.78, 5) is 36.1. The summed E-state index contributed by atoms with van der Waals surface area (Å²) in [6, 6.07) is 10.1. The van der Waals surface area contributed by atoms with E-state index in [0.717, 1.165) is 5.56 Å². The van der Waals surface area contributed by atoms with Crippen molar-refractivity contribution >= 4 is 17.6 Å². The summed E-state index contributed by atoms with van der Waals surface area (Å²) in [5.74, 6) is -1.48. The summed E-state index contributed by atoms with van der Waals surface area (Å²) in [5, 5.41) is 14.0. The minimum atomic E-state index is -0.989. The van der Waals surface area contributed by atoms with Crippen LogP contribution in [-0.2, 0) is 10.2 Å². The predicted molar refractivity (Wildman–Crippen MR) is 117 cm³/mol. The third-order valence-corrected chi connectivity index (χ3v) is 4.79. The molecule has 0 aliphatic carbocycles. The first kappa shape index (κ1) is 23.9. The van der Waals surface area contributed by atoms with Gasteiger partial charge in [-0.25, -0.2) is 4.79 Å². The van der Waals surface area contributed by atoms with Crippen LogP contribution in [-0.4, -0.2) is 30.0 Å². The summed E-state index contributed by atoms with van der Waals surface area (Å²) in [6.45, 7) is 9.72. The average Bonchev–Trinajstić information content (AvgIpc) is 2.71. The number of hydrogen-bond donors (Lipinski definition) is 1. The lowest BCUT2D eigenvalue weighted by Crippen LogP contribution is -2.46. The second-order valence-electron chi connectivity index (χ2n) is 8.53. The monoisotopic (exact) mass is 428 g/mol. The fourth-order valence-electron chi connectivity index (χ4n) is 2.87. The summed E-state index contributed by atoms with van der Waals surface area (Å²) in [5.41, 5.74) is 1.03. The fraction of sp³-hybridized carbons (Fsp3) is 0.391. The lowest BCUT2D eigenvalue weighted by molar-refractivity contribution is -0.385. The molecule has 0 spiro atoms. The van der Waals surface area contributed by atoms with E-state index in [1.54, 1.807) is 26.0 Å². The number of nitrogens with one attached hydrogen (secondary N) is 1. The second kappa shape index (κ2) is 9.59. The van der Waals surface area contributed by atoms with Gasteiger partial charge in [-0.2, -0.15) is 0 Å². The maximum atomic E-state index is 12.7. The Balaban J connectivity index is 2.20. The van der Waals surface area contributed by atoms with Gasteiger partial charge in [0.05, 0.1) is 18.1 Å². The summed E-state index contributed by atoms with van der Waals surface area (Å²) >= 11 is 0. The number of carbonyl (C=O) groups is 2. The second-order valence-corrected chi connectivity index (χ2v) is 8.53. The molecular weight excluding hydrogens is 400 g/mol. The van der Waals surface area contributed by atoms with E-state index in [4.69, 9.17) is 9.47 Å². The molecule has 1 amide bonds. The van der Waals surface area contributed by atoms with Gasteiger partial charge in [0.2, 0.25) is 5.75 Å². The Morgan fingerprint density at radius 1 is 1.06 bits per heavy atom. The van der Waals surface area contributed by atoms with Gasteiger partial charge in [0.1, 0.15) is 11.8 Å². The van der Waals surface area contributed by atoms with Gasteiger partial charge in [-0.05, 0) is 41.2 Å². The number of nitro benzene ring substituents is 1. The molecule has 0 heterocycles. The van der Waals surface area contributed by atoms with Crippen LogP contribution in [0.2, 0.25) is 0 Å². The van der Waals surface area contributed by atoms with Crippen molar-refractivity contribution in [1.82, 2.24) is 5.32 Å². The number of nitrogens with zero attached hydrogens (tertiary/aromatic N) is 1. The minimum absolute atomic E-state index is 0.0492. The van der Waals surface area contributed by atoms with Crippen LogP contribution < -0.4 is 14.8 Å². The molecule has 166 valence electrons. The molecule has 2 aromatic carbocycles. The van der Waals surface area contributed by atoms with Crippen LogP contribution in [0, 0.1) is 16.0 Å². The SMILES string of the molecule is COc1ccc(OC(=O)C(NC(=O)c2ccc(C(C)(C)C)cc2)C(C)C)c([N+](=O)[O-])c1. The molecule has 0 saturated carbocycles. The van der Waals surface area contributed by atoms with Gasteiger partial charge < -0.3 is 14.8 Å². The van der Waals surface area contributed by atoms with Crippen molar-refractivity contribution in [2.75, 3.05) is 7.11 Å². The van der Waals surface area contributed by atoms with Crippen molar-refractivity contribution in [3.05, 3.63) is 63.7 Å². The van der Waals surface area contributed by atoms with E-state index < -0.39 is 28.5 Å². The number of amides is 1. The number of methoxy groups -OCH3 is 1. The molecule has 31 heavy (non-hydrogen) atoms. The normalized spacial score (nSPS) is 12.2. The first-order valence-electron chi connectivity index (χ1n) is 9.89. The zero-order chi connectivity index (χ0) is 23.3. The molecule has 2 rings (SSSR count). The Kier molecular flexibility index (Phi) is 7.38. The van der Waals surface area contributed by atoms with Gasteiger partial charge >= 0.3 is 11.7 Å². The maximum Gasteiger partial charge on any atom is 0.334 e. The van der Waals surface area contributed by atoms with Crippen molar-refractivity contribution in [1.29, 1.82) is 0 Å². The van der Waals surface area contributed by atoms with Crippen molar-refractivity contribution in [3.63, 3.8) is 0 Å². The van der Waals surface area contributed by atoms with E-state index in [-0.39, 0.29) is 22.8 Å². The lowest BCUT2D eigenvalue weighted by Gasteiger charge is -2.22. The zero-order valence-corrected chi connectivity index (χ0v) is 18.6. The fourth-order valence-corrected chi connectivity index (χ4v) is 2.87. The lowest BCUT2D eigenvalue weighted by atomic mass is 9.86. The first-order chi connectivity index (χ1) is 14.4. The Morgan fingerprint density at radius 2 is 1.68 bits per heavy atom. The van der Waals surface area contributed by atoms with E-state index in [2.05, 4.69) is 26.1 Å². The molecule has 8 heteroatoms. The number of esters is 1. The Morgan fingerprint density at radius 3 is 2.16 bits per heavy atom. The molecular formula is C23H28N2O6.